The largest absolute Gasteiger partial charge is 0.471 e. The summed E-state index contributed by atoms with van der Waals surface area (Å²) in [4.78, 5) is 19.3. The number of hydrogen-bond acceptors (Lipinski definition) is 5. The van der Waals surface area contributed by atoms with E-state index >= 15 is 0 Å². The number of rotatable bonds is 5. The summed E-state index contributed by atoms with van der Waals surface area (Å²) in [6.45, 7) is 3.10. The van der Waals surface area contributed by atoms with Crippen LogP contribution in [0.5, 0.6) is 5.88 Å². The molecular formula is C25H21ClFN5O2. The number of hydrogen-bond donors (Lipinski definition) is 0. The highest BCUT2D eigenvalue weighted by Crippen LogP contribution is 2.24. The molecule has 3 heterocycles. The summed E-state index contributed by atoms with van der Waals surface area (Å²) < 4.78 is 20.9. The molecule has 0 saturated heterocycles. The van der Waals surface area contributed by atoms with Crippen molar-refractivity contribution in [3.8, 4) is 11.6 Å². The van der Waals surface area contributed by atoms with Crippen molar-refractivity contribution in [2.24, 2.45) is 0 Å². The number of amides is 1. The smallest absolute Gasteiger partial charge is 0.254 e. The number of carbonyl (C=O) groups is 1. The lowest BCUT2D eigenvalue weighted by molar-refractivity contribution is 0.0733. The Morgan fingerprint density at radius 3 is 2.76 bits per heavy atom. The third-order valence-electron chi connectivity index (χ3n) is 5.77. The minimum atomic E-state index is -0.315. The van der Waals surface area contributed by atoms with Gasteiger partial charge < -0.3 is 9.64 Å². The summed E-state index contributed by atoms with van der Waals surface area (Å²) >= 11 is 6.03. The molecule has 1 aliphatic heterocycles. The molecular weight excluding hydrogens is 457 g/mol. The fourth-order valence-electron chi connectivity index (χ4n) is 3.93. The zero-order chi connectivity index (χ0) is 23.7. The molecule has 0 radical (unpaired) electrons. The van der Waals surface area contributed by atoms with Crippen molar-refractivity contribution < 1.29 is 13.9 Å². The lowest BCUT2D eigenvalue weighted by atomic mass is 10.0. The van der Waals surface area contributed by atoms with Gasteiger partial charge in [-0.3, -0.25) is 4.79 Å². The number of aromatic nitrogens is 4. The van der Waals surface area contributed by atoms with Crippen LogP contribution in [0.2, 0.25) is 5.02 Å². The van der Waals surface area contributed by atoms with Gasteiger partial charge in [-0.2, -0.15) is 0 Å². The molecule has 4 aromatic rings. The number of fused-ring (bicyclic) bond motifs is 1. The summed E-state index contributed by atoms with van der Waals surface area (Å²) in [6.07, 6.45) is 0.632. The fraction of sp³-hybridized carbons (Fsp3) is 0.200. The van der Waals surface area contributed by atoms with Crippen molar-refractivity contribution in [1.29, 1.82) is 0 Å². The number of benzene rings is 2. The Kier molecular flexibility index (Phi) is 5.98. The molecule has 172 valence electrons. The van der Waals surface area contributed by atoms with Crippen molar-refractivity contribution in [1.82, 2.24) is 24.9 Å². The topological polar surface area (TPSA) is 73.1 Å². The first-order valence-corrected chi connectivity index (χ1v) is 11.2. The van der Waals surface area contributed by atoms with E-state index in [1.54, 1.807) is 52.0 Å². The minimum Gasteiger partial charge on any atom is -0.471 e. The molecule has 0 N–H and O–H groups in total. The van der Waals surface area contributed by atoms with Crippen molar-refractivity contribution in [2.75, 3.05) is 6.54 Å². The molecule has 0 bridgehead atoms. The molecule has 0 saturated carbocycles. The van der Waals surface area contributed by atoms with Gasteiger partial charge in [-0.05, 0) is 55.0 Å². The maximum absolute atomic E-state index is 13.3. The second-order valence-corrected chi connectivity index (χ2v) is 8.48. The van der Waals surface area contributed by atoms with Crippen molar-refractivity contribution in [3.63, 3.8) is 0 Å². The minimum absolute atomic E-state index is 0.0505. The molecule has 9 heteroatoms. The Balaban J connectivity index is 1.28. The van der Waals surface area contributed by atoms with Crippen molar-refractivity contribution >= 4 is 17.5 Å². The second kappa shape index (κ2) is 9.23. The highest BCUT2D eigenvalue weighted by atomic mass is 35.5. The Morgan fingerprint density at radius 2 is 1.97 bits per heavy atom. The average Bonchev–Trinajstić information content (AvgIpc) is 3.22. The number of aryl methyl sites for hydroxylation is 1. The molecule has 34 heavy (non-hydrogen) atoms. The SMILES string of the molecule is Cc1nnn(-c2ccc(F)cc2)c1COc1ccc2c(n1)CCN(C(=O)c1cccc(Cl)c1)C2. The number of halogens is 2. The Hall–Kier alpha value is -3.78. The van der Waals surface area contributed by atoms with Crippen LogP contribution in [0.25, 0.3) is 5.69 Å². The van der Waals surface area contributed by atoms with Gasteiger partial charge in [-0.1, -0.05) is 28.9 Å². The fourth-order valence-corrected chi connectivity index (χ4v) is 4.12. The van der Waals surface area contributed by atoms with E-state index in [1.165, 1.54) is 12.1 Å². The summed E-state index contributed by atoms with van der Waals surface area (Å²) in [6, 6.07) is 16.8. The van der Waals surface area contributed by atoms with E-state index in [4.69, 9.17) is 16.3 Å². The lowest BCUT2D eigenvalue weighted by Gasteiger charge is -2.28. The number of nitrogens with zero attached hydrogens (tertiary/aromatic N) is 5. The summed E-state index contributed by atoms with van der Waals surface area (Å²) in [5, 5.41) is 8.82. The van der Waals surface area contributed by atoms with Crippen molar-refractivity contribution in [3.05, 3.63) is 99.7 Å². The molecule has 1 aliphatic rings. The first kappa shape index (κ1) is 22.0. The van der Waals surface area contributed by atoms with Gasteiger partial charge in [0, 0.05) is 36.2 Å². The third-order valence-corrected chi connectivity index (χ3v) is 6.00. The molecule has 0 fully saturated rings. The highest BCUT2D eigenvalue weighted by Gasteiger charge is 2.23. The summed E-state index contributed by atoms with van der Waals surface area (Å²) in [5.41, 5.74) is 4.65. The van der Waals surface area contributed by atoms with Gasteiger partial charge in [-0.25, -0.2) is 14.1 Å². The molecule has 7 nitrogen and oxygen atoms in total. The quantitative estimate of drug-likeness (QED) is 0.422. The molecule has 0 unspecified atom stereocenters. The van der Waals surface area contributed by atoms with Gasteiger partial charge >= 0.3 is 0 Å². The predicted molar refractivity (Wildman–Crippen MR) is 125 cm³/mol. The van der Waals surface area contributed by atoms with Crippen molar-refractivity contribution in [2.45, 2.75) is 26.5 Å². The van der Waals surface area contributed by atoms with Crippen LogP contribution in [0.1, 0.15) is 33.0 Å². The van der Waals surface area contributed by atoms with Crippen LogP contribution in [0.4, 0.5) is 4.39 Å². The van der Waals surface area contributed by atoms with Crippen LogP contribution in [-0.4, -0.2) is 37.3 Å². The Bertz CT molecular complexity index is 1360. The first-order valence-electron chi connectivity index (χ1n) is 10.8. The van der Waals surface area contributed by atoms with Crippen LogP contribution in [0.3, 0.4) is 0 Å². The first-order chi connectivity index (χ1) is 16.5. The van der Waals surface area contributed by atoms with Gasteiger partial charge in [-0.15, -0.1) is 5.10 Å². The van der Waals surface area contributed by atoms with E-state index in [1.807, 2.05) is 13.0 Å². The zero-order valence-electron chi connectivity index (χ0n) is 18.4. The zero-order valence-corrected chi connectivity index (χ0v) is 19.2. The van der Waals surface area contributed by atoms with Gasteiger partial charge in [0.25, 0.3) is 5.91 Å². The molecule has 0 spiro atoms. The standard InChI is InChI=1S/C25H21ClFN5O2/c1-16-23(32(30-29-16)21-8-6-20(27)7-9-21)15-34-24-10-5-18-14-31(12-11-22(18)28-24)25(33)17-3-2-4-19(26)13-17/h2-10,13H,11-12,14-15H2,1H3. The van der Waals surface area contributed by atoms with Gasteiger partial charge in [0.15, 0.2) is 0 Å². The number of pyridine rings is 1. The normalized spacial score (nSPS) is 13.0. The summed E-state index contributed by atoms with van der Waals surface area (Å²) in [5.74, 6) is 0.120. The molecule has 5 rings (SSSR count). The van der Waals surface area contributed by atoms with Gasteiger partial charge in [0.1, 0.15) is 18.1 Å². The highest BCUT2D eigenvalue weighted by molar-refractivity contribution is 6.30. The van der Waals surface area contributed by atoms with E-state index < -0.39 is 0 Å². The maximum atomic E-state index is 13.3. The van der Waals surface area contributed by atoms with Gasteiger partial charge in [0.2, 0.25) is 5.88 Å². The number of ether oxygens (including phenoxy) is 1. The molecule has 2 aromatic heterocycles. The van der Waals surface area contributed by atoms with E-state index in [0.717, 1.165) is 22.6 Å². The Labute approximate surface area is 200 Å². The number of carbonyl (C=O) groups excluding carboxylic acids is 1. The van der Waals surface area contributed by atoms with E-state index in [0.29, 0.717) is 41.7 Å². The molecule has 1 amide bonds. The van der Waals surface area contributed by atoms with Crippen LogP contribution in [-0.2, 0) is 19.6 Å². The van der Waals surface area contributed by atoms with E-state index in [9.17, 15) is 9.18 Å². The predicted octanol–water partition coefficient (Wildman–Crippen LogP) is 4.54. The van der Waals surface area contributed by atoms with E-state index in [2.05, 4.69) is 15.3 Å². The monoisotopic (exact) mass is 477 g/mol. The molecule has 0 atom stereocenters. The van der Waals surface area contributed by atoms with Crippen LogP contribution in [0.15, 0.2) is 60.7 Å². The third kappa shape index (κ3) is 4.49. The van der Waals surface area contributed by atoms with E-state index in [-0.39, 0.29) is 18.3 Å². The molecule has 2 aromatic carbocycles. The molecule has 0 aliphatic carbocycles. The van der Waals surface area contributed by atoms with Crippen LogP contribution < -0.4 is 4.74 Å². The average molecular weight is 478 g/mol. The Morgan fingerprint density at radius 1 is 1.15 bits per heavy atom. The second-order valence-electron chi connectivity index (χ2n) is 8.04. The van der Waals surface area contributed by atoms with Gasteiger partial charge in [0.05, 0.1) is 17.1 Å². The maximum Gasteiger partial charge on any atom is 0.254 e. The lowest BCUT2D eigenvalue weighted by Crippen LogP contribution is -2.36. The summed E-state index contributed by atoms with van der Waals surface area (Å²) in [7, 11) is 0. The van der Waals surface area contributed by atoms with Crippen LogP contribution >= 0.6 is 11.6 Å². The van der Waals surface area contributed by atoms with Crippen LogP contribution in [0, 0.1) is 12.7 Å².